The Kier molecular flexibility index (Phi) is 6.38. The van der Waals surface area contributed by atoms with Crippen LogP contribution >= 0.6 is 0 Å². The number of aryl methyl sites for hydroxylation is 5. The maximum absolute atomic E-state index is 5.87. The van der Waals surface area contributed by atoms with Crippen molar-refractivity contribution in [3.8, 4) is 0 Å². The summed E-state index contributed by atoms with van der Waals surface area (Å²) in [5.74, 6) is 0.621. The van der Waals surface area contributed by atoms with Crippen LogP contribution in [0.25, 0.3) is 0 Å². The van der Waals surface area contributed by atoms with E-state index in [2.05, 4.69) is 62.9 Å². The van der Waals surface area contributed by atoms with Crippen LogP contribution in [0.4, 0.5) is 5.82 Å². The number of nitrogen functional groups attached to an aromatic ring is 1. The van der Waals surface area contributed by atoms with Crippen molar-refractivity contribution < 1.29 is 0 Å². The summed E-state index contributed by atoms with van der Waals surface area (Å²) in [4.78, 5) is 6.71. The first-order chi connectivity index (χ1) is 11.3. The second-order valence-electron chi connectivity index (χ2n) is 7.18. The summed E-state index contributed by atoms with van der Waals surface area (Å²) >= 11 is 0. The largest absolute Gasteiger partial charge is 0.384 e. The Morgan fingerprint density at radius 1 is 0.875 bits per heavy atom. The van der Waals surface area contributed by atoms with Gasteiger partial charge in [-0.25, -0.2) is 4.98 Å². The molecule has 0 unspecified atom stereocenters. The van der Waals surface area contributed by atoms with Crippen LogP contribution in [0.1, 0.15) is 39.9 Å². The van der Waals surface area contributed by atoms with Crippen LogP contribution in [0.5, 0.6) is 0 Å². The summed E-state index contributed by atoms with van der Waals surface area (Å²) in [6.45, 7) is 7.66. The highest BCUT2D eigenvalue weighted by Gasteiger charge is 2.08. The minimum Gasteiger partial charge on any atom is -0.384 e. The fraction of sp³-hybridized carbons (Fsp3) is 0.476. The number of aromatic nitrogens is 1. The molecule has 0 radical (unpaired) electrons. The van der Waals surface area contributed by atoms with Crippen molar-refractivity contribution in [2.75, 3.05) is 26.4 Å². The van der Waals surface area contributed by atoms with E-state index in [-0.39, 0.29) is 0 Å². The van der Waals surface area contributed by atoms with Gasteiger partial charge in [-0.2, -0.15) is 0 Å². The molecule has 0 atom stereocenters. The summed E-state index contributed by atoms with van der Waals surface area (Å²) in [5, 5.41) is 0. The summed E-state index contributed by atoms with van der Waals surface area (Å²) in [6.07, 6.45) is 4.30. The minimum absolute atomic E-state index is 0.621. The lowest BCUT2D eigenvalue weighted by Crippen LogP contribution is -2.14. The molecule has 2 rings (SSSR count). The molecule has 1 aromatic carbocycles. The first-order valence-electron chi connectivity index (χ1n) is 8.82. The fourth-order valence-corrected chi connectivity index (χ4v) is 3.28. The number of rotatable bonds is 7. The van der Waals surface area contributed by atoms with Gasteiger partial charge in [0.15, 0.2) is 0 Å². The molecular weight excluding hydrogens is 294 g/mol. The predicted octanol–water partition coefficient (Wildman–Crippen LogP) is 3.87. The first kappa shape index (κ1) is 18.5. The van der Waals surface area contributed by atoms with E-state index in [9.17, 15) is 0 Å². The van der Waals surface area contributed by atoms with Crippen molar-refractivity contribution >= 4 is 5.82 Å². The Hall–Kier alpha value is -1.87. The number of nitrogens with zero attached hydrogens (tertiary/aromatic N) is 2. The van der Waals surface area contributed by atoms with Gasteiger partial charge in [-0.1, -0.05) is 17.7 Å². The van der Waals surface area contributed by atoms with E-state index in [0.717, 1.165) is 31.5 Å². The first-order valence-corrected chi connectivity index (χ1v) is 8.82. The highest BCUT2D eigenvalue weighted by Crippen LogP contribution is 2.20. The number of hydrogen-bond donors (Lipinski definition) is 1. The zero-order valence-corrected chi connectivity index (χ0v) is 15.8. The lowest BCUT2D eigenvalue weighted by atomic mass is 9.93. The van der Waals surface area contributed by atoms with E-state index in [1.807, 2.05) is 6.07 Å². The van der Waals surface area contributed by atoms with Crippen molar-refractivity contribution in [1.29, 1.82) is 0 Å². The zero-order valence-electron chi connectivity index (χ0n) is 15.8. The third-order valence-corrected chi connectivity index (χ3v) is 4.51. The van der Waals surface area contributed by atoms with Crippen molar-refractivity contribution in [2.45, 2.75) is 46.5 Å². The molecule has 0 amide bonds. The number of pyridine rings is 1. The third kappa shape index (κ3) is 5.34. The van der Waals surface area contributed by atoms with E-state index in [0.29, 0.717) is 5.82 Å². The van der Waals surface area contributed by atoms with Gasteiger partial charge in [-0.15, -0.1) is 0 Å². The Morgan fingerprint density at radius 2 is 1.50 bits per heavy atom. The molecule has 130 valence electrons. The highest BCUT2D eigenvalue weighted by molar-refractivity contribution is 5.39. The number of nitrogens with two attached hydrogens (primary N) is 1. The molecule has 24 heavy (non-hydrogen) atoms. The highest BCUT2D eigenvalue weighted by atomic mass is 15.0. The maximum Gasteiger partial charge on any atom is 0.123 e. The van der Waals surface area contributed by atoms with Crippen molar-refractivity contribution in [3.63, 3.8) is 0 Å². The minimum atomic E-state index is 0.621. The summed E-state index contributed by atoms with van der Waals surface area (Å²) in [7, 11) is 4.27. The Morgan fingerprint density at radius 3 is 2.12 bits per heavy atom. The summed E-state index contributed by atoms with van der Waals surface area (Å²) in [5.41, 5.74) is 13.9. The molecule has 0 aliphatic rings. The number of benzene rings is 1. The normalized spacial score (nSPS) is 11.2. The lowest BCUT2D eigenvalue weighted by Gasteiger charge is -2.15. The molecule has 0 spiro atoms. The second-order valence-corrected chi connectivity index (χ2v) is 7.18. The number of hydrogen-bond acceptors (Lipinski definition) is 3. The Labute approximate surface area is 146 Å². The van der Waals surface area contributed by atoms with Gasteiger partial charge in [0.05, 0.1) is 0 Å². The van der Waals surface area contributed by atoms with Crippen LogP contribution in [-0.4, -0.2) is 30.5 Å². The van der Waals surface area contributed by atoms with Crippen LogP contribution in [0.15, 0.2) is 24.3 Å². The molecule has 1 heterocycles. The van der Waals surface area contributed by atoms with Crippen LogP contribution in [0.3, 0.4) is 0 Å². The smallest absolute Gasteiger partial charge is 0.123 e. The van der Waals surface area contributed by atoms with Gasteiger partial charge in [-0.05, 0) is 101 Å². The third-order valence-electron chi connectivity index (χ3n) is 4.51. The average molecular weight is 326 g/mol. The number of anilines is 1. The van der Waals surface area contributed by atoms with E-state index in [1.165, 1.54) is 34.2 Å². The predicted molar refractivity (Wildman–Crippen MR) is 104 cm³/mol. The maximum atomic E-state index is 5.87. The topological polar surface area (TPSA) is 42.1 Å². The lowest BCUT2D eigenvalue weighted by molar-refractivity contribution is 0.400. The SMILES string of the molecule is Cc1cc(N)nc(CCc2cc(C)cc(CCCN(C)C)c2C)c1. The van der Waals surface area contributed by atoms with Gasteiger partial charge in [-0.3, -0.25) is 0 Å². The quantitative estimate of drug-likeness (QED) is 0.840. The standard InChI is InChI=1S/C21H31N3/c1-15-11-18(7-6-10-24(4)5)17(3)19(12-15)8-9-20-13-16(2)14-21(22)23-20/h11-14H,6-10H2,1-5H3,(H2,22,23). The molecule has 2 aromatic rings. The van der Waals surface area contributed by atoms with Gasteiger partial charge in [0.2, 0.25) is 0 Å². The van der Waals surface area contributed by atoms with Gasteiger partial charge in [0.25, 0.3) is 0 Å². The molecule has 0 saturated heterocycles. The van der Waals surface area contributed by atoms with Gasteiger partial charge < -0.3 is 10.6 Å². The van der Waals surface area contributed by atoms with Crippen molar-refractivity contribution in [3.05, 3.63) is 57.8 Å². The van der Waals surface area contributed by atoms with Crippen LogP contribution in [0.2, 0.25) is 0 Å². The molecule has 2 N–H and O–H groups in total. The summed E-state index contributed by atoms with van der Waals surface area (Å²) < 4.78 is 0. The van der Waals surface area contributed by atoms with Crippen molar-refractivity contribution in [1.82, 2.24) is 9.88 Å². The molecule has 0 bridgehead atoms. The van der Waals surface area contributed by atoms with Crippen LogP contribution in [0, 0.1) is 20.8 Å². The molecule has 0 saturated carbocycles. The molecule has 3 nitrogen and oxygen atoms in total. The van der Waals surface area contributed by atoms with E-state index in [1.54, 1.807) is 0 Å². The molecule has 3 heteroatoms. The van der Waals surface area contributed by atoms with Gasteiger partial charge >= 0.3 is 0 Å². The molecule has 0 aliphatic carbocycles. The van der Waals surface area contributed by atoms with Gasteiger partial charge in [0.1, 0.15) is 5.82 Å². The van der Waals surface area contributed by atoms with Gasteiger partial charge in [0, 0.05) is 5.69 Å². The monoisotopic (exact) mass is 325 g/mol. The van der Waals surface area contributed by atoms with Crippen molar-refractivity contribution in [2.24, 2.45) is 0 Å². The summed E-state index contributed by atoms with van der Waals surface area (Å²) in [6, 6.07) is 8.73. The Balaban J connectivity index is 2.10. The molecular formula is C21H31N3. The molecule has 0 aliphatic heterocycles. The van der Waals surface area contributed by atoms with Crippen LogP contribution in [-0.2, 0) is 19.3 Å². The molecule has 0 fully saturated rings. The van der Waals surface area contributed by atoms with Crippen LogP contribution < -0.4 is 5.73 Å². The van der Waals surface area contributed by atoms with E-state index in [4.69, 9.17) is 5.73 Å². The average Bonchev–Trinajstić information content (AvgIpc) is 2.47. The molecule has 1 aromatic heterocycles. The Bertz CT molecular complexity index is 669. The fourth-order valence-electron chi connectivity index (χ4n) is 3.28. The van der Waals surface area contributed by atoms with E-state index < -0.39 is 0 Å². The van der Waals surface area contributed by atoms with E-state index >= 15 is 0 Å². The second kappa shape index (κ2) is 8.29. The zero-order chi connectivity index (χ0) is 17.7.